The van der Waals surface area contributed by atoms with Crippen molar-refractivity contribution in [3.05, 3.63) is 28.8 Å². The number of hydrogen-bond donors (Lipinski definition) is 3. The summed E-state index contributed by atoms with van der Waals surface area (Å²) in [5.74, 6) is -2.07. The van der Waals surface area contributed by atoms with Gasteiger partial charge in [-0.1, -0.05) is 17.7 Å². The number of methoxy groups -OCH3 is 1. The highest BCUT2D eigenvalue weighted by atomic mass is 35.5. The van der Waals surface area contributed by atoms with Crippen molar-refractivity contribution >= 4 is 35.3 Å². The van der Waals surface area contributed by atoms with Gasteiger partial charge < -0.3 is 20.5 Å². The van der Waals surface area contributed by atoms with Crippen LogP contribution >= 0.6 is 11.6 Å². The Labute approximate surface area is 126 Å². The molecule has 0 fully saturated rings. The number of urea groups is 1. The van der Waals surface area contributed by atoms with Gasteiger partial charge in [-0.15, -0.1) is 0 Å². The maximum atomic E-state index is 11.8. The van der Waals surface area contributed by atoms with Crippen molar-refractivity contribution in [2.45, 2.75) is 19.4 Å². The van der Waals surface area contributed by atoms with E-state index >= 15 is 0 Å². The van der Waals surface area contributed by atoms with Crippen LogP contribution in [0.1, 0.15) is 12.0 Å². The van der Waals surface area contributed by atoms with Gasteiger partial charge in [0.1, 0.15) is 6.04 Å². The number of anilines is 1. The molecule has 0 heterocycles. The normalized spacial score (nSPS) is 11.4. The highest BCUT2D eigenvalue weighted by Crippen LogP contribution is 2.22. The molecule has 1 atom stereocenters. The molecule has 0 bridgehead atoms. The Morgan fingerprint density at radius 1 is 1.38 bits per heavy atom. The van der Waals surface area contributed by atoms with Crippen LogP contribution in [0.5, 0.6) is 0 Å². The van der Waals surface area contributed by atoms with E-state index in [0.717, 1.165) is 7.11 Å². The van der Waals surface area contributed by atoms with Crippen LogP contribution in [0.3, 0.4) is 0 Å². The number of carbonyl (C=O) groups excluding carboxylic acids is 2. The number of nitrogens with one attached hydrogen (secondary N) is 2. The van der Waals surface area contributed by atoms with Crippen LogP contribution in [0.4, 0.5) is 10.5 Å². The van der Waals surface area contributed by atoms with Crippen molar-refractivity contribution in [3.63, 3.8) is 0 Å². The fraction of sp³-hybridized carbons (Fsp3) is 0.308. The average molecular weight is 315 g/mol. The third-order valence-corrected chi connectivity index (χ3v) is 3.13. The summed E-state index contributed by atoms with van der Waals surface area (Å²) < 4.78 is 4.37. The zero-order chi connectivity index (χ0) is 16.0. The van der Waals surface area contributed by atoms with Gasteiger partial charge >= 0.3 is 18.0 Å². The van der Waals surface area contributed by atoms with E-state index in [2.05, 4.69) is 15.4 Å². The lowest BCUT2D eigenvalue weighted by molar-refractivity contribution is -0.147. The largest absolute Gasteiger partial charge is 0.480 e. The fourth-order valence-corrected chi connectivity index (χ4v) is 1.68. The lowest BCUT2D eigenvalue weighted by Gasteiger charge is -2.15. The molecule has 21 heavy (non-hydrogen) atoms. The summed E-state index contributed by atoms with van der Waals surface area (Å²) in [6.45, 7) is 1.71. The maximum absolute atomic E-state index is 11.8. The highest BCUT2D eigenvalue weighted by molar-refractivity contribution is 6.31. The minimum atomic E-state index is -1.38. The summed E-state index contributed by atoms with van der Waals surface area (Å²) in [5, 5.41) is 14.1. The minimum Gasteiger partial charge on any atom is -0.480 e. The van der Waals surface area contributed by atoms with Crippen LogP contribution in [0, 0.1) is 6.92 Å². The molecular weight excluding hydrogens is 300 g/mol. The van der Waals surface area contributed by atoms with Crippen molar-refractivity contribution in [1.29, 1.82) is 0 Å². The molecule has 2 amide bonds. The molecule has 0 radical (unpaired) electrons. The third-order valence-electron chi connectivity index (χ3n) is 2.72. The molecule has 114 valence electrons. The van der Waals surface area contributed by atoms with Crippen LogP contribution in [0.15, 0.2) is 18.2 Å². The van der Waals surface area contributed by atoms with Gasteiger partial charge in [0.2, 0.25) is 0 Å². The molecule has 0 saturated carbocycles. The zero-order valence-corrected chi connectivity index (χ0v) is 12.2. The SMILES string of the molecule is COC(=O)C[C@H](NC(=O)Nc1cccc(Cl)c1C)C(=O)O. The van der Waals surface area contributed by atoms with Gasteiger partial charge in [0.15, 0.2) is 0 Å². The van der Waals surface area contributed by atoms with Gasteiger partial charge in [0, 0.05) is 10.7 Å². The van der Waals surface area contributed by atoms with Crippen molar-refractivity contribution in [3.8, 4) is 0 Å². The number of amides is 2. The summed E-state index contributed by atoms with van der Waals surface area (Å²) in [6, 6.07) is 2.80. The molecule has 8 heteroatoms. The first-order valence-electron chi connectivity index (χ1n) is 5.97. The van der Waals surface area contributed by atoms with Crippen molar-refractivity contribution < 1.29 is 24.2 Å². The minimum absolute atomic E-state index is 0.446. The molecule has 1 rings (SSSR count). The third kappa shape index (κ3) is 4.96. The predicted octanol–water partition coefficient (Wildman–Crippen LogP) is 1.79. The van der Waals surface area contributed by atoms with E-state index in [1.165, 1.54) is 0 Å². The second-order valence-corrected chi connectivity index (χ2v) is 4.59. The van der Waals surface area contributed by atoms with Gasteiger partial charge in [0.05, 0.1) is 13.5 Å². The number of carboxylic acids is 1. The number of esters is 1. The second-order valence-electron chi connectivity index (χ2n) is 4.18. The molecule has 0 aromatic heterocycles. The van der Waals surface area contributed by atoms with Gasteiger partial charge in [0.25, 0.3) is 0 Å². The van der Waals surface area contributed by atoms with Crippen molar-refractivity contribution in [1.82, 2.24) is 5.32 Å². The maximum Gasteiger partial charge on any atom is 0.326 e. The molecule has 0 aliphatic heterocycles. The number of carbonyl (C=O) groups is 3. The molecule has 7 nitrogen and oxygen atoms in total. The first-order chi connectivity index (χ1) is 9.85. The number of benzene rings is 1. The molecule has 0 saturated heterocycles. The van der Waals surface area contributed by atoms with Crippen LogP contribution in [0.2, 0.25) is 5.02 Å². The molecule has 0 spiro atoms. The summed E-state index contributed by atoms with van der Waals surface area (Å²) >= 11 is 5.91. The number of ether oxygens (including phenoxy) is 1. The summed E-state index contributed by atoms with van der Waals surface area (Å²) in [4.78, 5) is 33.9. The molecular formula is C13H15ClN2O5. The molecule has 1 aromatic carbocycles. The van der Waals surface area contributed by atoms with E-state index < -0.39 is 30.4 Å². The van der Waals surface area contributed by atoms with Crippen LogP contribution < -0.4 is 10.6 Å². The highest BCUT2D eigenvalue weighted by Gasteiger charge is 2.23. The Kier molecular flexibility index (Phi) is 5.98. The Morgan fingerprint density at radius 2 is 2.05 bits per heavy atom. The van der Waals surface area contributed by atoms with Crippen molar-refractivity contribution in [2.24, 2.45) is 0 Å². The average Bonchev–Trinajstić information content (AvgIpc) is 2.42. The Bertz CT molecular complexity index is 561. The predicted molar refractivity (Wildman–Crippen MR) is 76.4 cm³/mol. The Hall–Kier alpha value is -2.28. The van der Waals surface area contributed by atoms with E-state index in [0.29, 0.717) is 16.3 Å². The summed E-state index contributed by atoms with van der Waals surface area (Å²) in [6.07, 6.45) is -0.465. The fourth-order valence-electron chi connectivity index (χ4n) is 1.51. The molecule has 0 aliphatic rings. The first-order valence-corrected chi connectivity index (χ1v) is 6.35. The van der Waals surface area contributed by atoms with Crippen LogP contribution in [0.25, 0.3) is 0 Å². The Balaban J connectivity index is 2.72. The lowest BCUT2D eigenvalue weighted by atomic mass is 10.2. The molecule has 1 aromatic rings. The zero-order valence-electron chi connectivity index (χ0n) is 11.5. The lowest BCUT2D eigenvalue weighted by Crippen LogP contribution is -2.44. The van der Waals surface area contributed by atoms with Gasteiger partial charge in [-0.3, -0.25) is 4.79 Å². The molecule has 0 aliphatic carbocycles. The second kappa shape index (κ2) is 7.49. The van der Waals surface area contributed by atoms with E-state index in [9.17, 15) is 14.4 Å². The first kappa shape index (κ1) is 16.8. The standard InChI is InChI=1S/C13H15ClN2O5/c1-7-8(14)4-3-5-9(7)15-13(20)16-10(12(18)19)6-11(17)21-2/h3-5,10H,6H2,1-2H3,(H,18,19)(H2,15,16,20)/t10-/m0/s1. The van der Waals surface area contributed by atoms with Crippen molar-refractivity contribution in [2.75, 3.05) is 12.4 Å². The van der Waals surface area contributed by atoms with Crippen LogP contribution in [-0.2, 0) is 14.3 Å². The number of rotatable bonds is 5. The van der Waals surface area contributed by atoms with E-state index in [4.69, 9.17) is 16.7 Å². The van der Waals surface area contributed by atoms with Gasteiger partial charge in [-0.05, 0) is 24.6 Å². The summed E-state index contributed by atoms with van der Waals surface area (Å²) in [5.41, 5.74) is 1.09. The topological polar surface area (TPSA) is 105 Å². The van der Waals surface area contributed by atoms with E-state index in [-0.39, 0.29) is 0 Å². The number of halogens is 1. The van der Waals surface area contributed by atoms with Gasteiger partial charge in [-0.25, -0.2) is 9.59 Å². The smallest absolute Gasteiger partial charge is 0.326 e. The quantitative estimate of drug-likeness (QED) is 0.719. The van der Waals surface area contributed by atoms with E-state index in [1.54, 1.807) is 25.1 Å². The van der Waals surface area contributed by atoms with Gasteiger partial charge in [-0.2, -0.15) is 0 Å². The number of hydrogen-bond acceptors (Lipinski definition) is 4. The number of carboxylic acid groups (broad SMARTS) is 1. The number of aliphatic carboxylic acids is 1. The summed E-state index contributed by atoms with van der Waals surface area (Å²) in [7, 11) is 1.14. The molecule has 0 unspecified atom stereocenters. The van der Waals surface area contributed by atoms with E-state index in [1.807, 2.05) is 0 Å². The Morgan fingerprint density at radius 3 is 2.62 bits per heavy atom. The monoisotopic (exact) mass is 314 g/mol. The van der Waals surface area contributed by atoms with Crippen LogP contribution in [-0.4, -0.2) is 36.2 Å². The molecule has 3 N–H and O–H groups in total.